The van der Waals surface area contributed by atoms with Gasteiger partial charge in [0.15, 0.2) is 5.58 Å². The number of nitro benzene ring substituents is 1. The van der Waals surface area contributed by atoms with Crippen molar-refractivity contribution in [2.75, 3.05) is 13.2 Å². The van der Waals surface area contributed by atoms with Crippen LogP contribution in [0.1, 0.15) is 25.7 Å². The van der Waals surface area contributed by atoms with Crippen LogP contribution in [0.25, 0.3) is 11.1 Å². The van der Waals surface area contributed by atoms with Crippen molar-refractivity contribution in [3.05, 3.63) is 28.3 Å². The smallest absolute Gasteiger partial charge is 0.394 e. The van der Waals surface area contributed by atoms with E-state index in [0.29, 0.717) is 23.7 Å². The number of piperidine rings is 1. The molecule has 1 N–H and O–H groups in total. The van der Waals surface area contributed by atoms with Crippen LogP contribution in [0, 0.1) is 10.1 Å². The minimum atomic E-state index is -0.455. The number of nitro groups is 1. The third-order valence-electron chi connectivity index (χ3n) is 3.67. The fourth-order valence-corrected chi connectivity index (χ4v) is 2.53. The van der Waals surface area contributed by atoms with E-state index < -0.39 is 4.92 Å². The quantitative estimate of drug-likeness (QED) is 0.670. The van der Waals surface area contributed by atoms with Crippen molar-refractivity contribution < 1.29 is 14.1 Å². The van der Waals surface area contributed by atoms with Gasteiger partial charge in [-0.05, 0) is 31.9 Å². The summed E-state index contributed by atoms with van der Waals surface area (Å²) in [7, 11) is 0. The first kappa shape index (κ1) is 16.5. The molecule has 1 aromatic heterocycles. The number of ether oxygens (including phenoxy) is 1. The van der Waals surface area contributed by atoms with Crippen LogP contribution < -0.4 is 10.1 Å². The van der Waals surface area contributed by atoms with Gasteiger partial charge in [-0.15, -0.1) is 12.4 Å². The third kappa shape index (κ3) is 3.86. The number of benzene rings is 1. The maximum Gasteiger partial charge on any atom is 0.394 e. The fourth-order valence-electron chi connectivity index (χ4n) is 2.53. The van der Waals surface area contributed by atoms with Crippen molar-refractivity contribution in [3.8, 4) is 6.08 Å². The van der Waals surface area contributed by atoms with Gasteiger partial charge in [-0.1, -0.05) is 6.42 Å². The summed E-state index contributed by atoms with van der Waals surface area (Å²) in [5.41, 5.74) is 0.926. The summed E-state index contributed by atoms with van der Waals surface area (Å²) >= 11 is 0. The highest BCUT2D eigenvalue weighted by atomic mass is 35.5. The molecule has 0 saturated carbocycles. The van der Waals surface area contributed by atoms with Gasteiger partial charge in [0.1, 0.15) is 5.52 Å². The highest BCUT2D eigenvalue weighted by molar-refractivity contribution is 5.85. The molecule has 1 aliphatic rings. The summed E-state index contributed by atoms with van der Waals surface area (Å²) in [6, 6.07) is 4.80. The van der Waals surface area contributed by atoms with Crippen LogP contribution in [0.4, 0.5) is 5.69 Å². The minimum Gasteiger partial charge on any atom is -0.450 e. The molecule has 0 aliphatic carbocycles. The Morgan fingerprint density at radius 3 is 3.05 bits per heavy atom. The standard InChI is InChI=1S/C14H17N3O4.ClH/c18-17(19)11-4-5-13-12(9-11)16-14(21-13)20-8-6-10-3-1-2-7-15-10;/h4-5,9-10,15H,1-3,6-8H2;1H. The molecule has 120 valence electrons. The number of halogens is 1. The predicted octanol–water partition coefficient (Wildman–Crippen LogP) is 3.07. The van der Waals surface area contributed by atoms with Crippen LogP contribution in [0.3, 0.4) is 0 Å². The van der Waals surface area contributed by atoms with E-state index in [2.05, 4.69) is 10.3 Å². The van der Waals surface area contributed by atoms with Crippen LogP contribution in [-0.2, 0) is 0 Å². The lowest BCUT2D eigenvalue weighted by Crippen LogP contribution is -2.35. The van der Waals surface area contributed by atoms with Crippen molar-refractivity contribution >= 4 is 29.2 Å². The molecule has 1 atom stereocenters. The van der Waals surface area contributed by atoms with Gasteiger partial charge in [0.05, 0.1) is 11.5 Å². The molecule has 22 heavy (non-hydrogen) atoms. The van der Waals surface area contributed by atoms with Crippen molar-refractivity contribution in [1.29, 1.82) is 0 Å². The third-order valence-corrected chi connectivity index (χ3v) is 3.67. The second-order valence-corrected chi connectivity index (χ2v) is 5.17. The van der Waals surface area contributed by atoms with E-state index in [-0.39, 0.29) is 24.2 Å². The Labute approximate surface area is 133 Å². The normalized spacial score (nSPS) is 17.9. The van der Waals surface area contributed by atoms with Gasteiger partial charge >= 0.3 is 6.08 Å². The van der Waals surface area contributed by atoms with Crippen LogP contribution in [0.2, 0.25) is 0 Å². The molecule has 1 aromatic carbocycles. The van der Waals surface area contributed by atoms with E-state index in [1.807, 2.05) is 0 Å². The van der Waals surface area contributed by atoms with Gasteiger partial charge in [0.2, 0.25) is 0 Å². The Kier molecular flexibility index (Phi) is 5.57. The summed E-state index contributed by atoms with van der Waals surface area (Å²) in [5.74, 6) is 0. The van der Waals surface area contributed by atoms with Gasteiger partial charge in [0.25, 0.3) is 5.69 Å². The summed E-state index contributed by atoms with van der Waals surface area (Å²) in [6.45, 7) is 1.59. The Morgan fingerprint density at radius 1 is 1.45 bits per heavy atom. The molecule has 3 rings (SSSR count). The number of oxazole rings is 1. The molecular weight excluding hydrogens is 310 g/mol. The zero-order valence-corrected chi connectivity index (χ0v) is 12.8. The van der Waals surface area contributed by atoms with E-state index in [1.165, 1.54) is 37.5 Å². The number of nitrogens with zero attached hydrogens (tertiary/aromatic N) is 2. The molecule has 1 saturated heterocycles. The first-order valence-electron chi connectivity index (χ1n) is 7.13. The lowest BCUT2D eigenvalue weighted by molar-refractivity contribution is -0.384. The van der Waals surface area contributed by atoms with Crippen molar-refractivity contribution in [3.63, 3.8) is 0 Å². The van der Waals surface area contributed by atoms with Crippen molar-refractivity contribution in [2.45, 2.75) is 31.7 Å². The Hall–Kier alpha value is -1.86. The average molecular weight is 328 g/mol. The maximum atomic E-state index is 10.7. The number of nitrogens with one attached hydrogen (secondary N) is 1. The Bertz CT molecular complexity index is 640. The van der Waals surface area contributed by atoms with Crippen LogP contribution >= 0.6 is 12.4 Å². The number of aromatic nitrogens is 1. The average Bonchev–Trinajstić information content (AvgIpc) is 2.90. The molecule has 7 nitrogen and oxygen atoms in total. The molecule has 1 unspecified atom stereocenters. The largest absolute Gasteiger partial charge is 0.450 e. The van der Waals surface area contributed by atoms with Crippen molar-refractivity contribution in [1.82, 2.24) is 10.3 Å². The van der Waals surface area contributed by atoms with Gasteiger partial charge in [0, 0.05) is 18.2 Å². The first-order chi connectivity index (χ1) is 10.2. The SMILES string of the molecule is Cl.O=[N+]([O-])c1ccc2oc(OCCC3CCCCN3)nc2c1. The summed E-state index contributed by atoms with van der Waals surface area (Å²) < 4.78 is 10.9. The van der Waals surface area contributed by atoms with E-state index >= 15 is 0 Å². The number of non-ortho nitro benzene ring substituents is 1. The van der Waals surface area contributed by atoms with Gasteiger partial charge < -0.3 is 14.5 Å². The second-order valence-electron chi connectivity index (χ2n) is 5.17. The molecular formula is C14H18ClN3O4. The number of fused-ring (bicyclic) bond motifs is 1. The van der Waals surface area contributed by atoms with Crippen LogP contribution in [-0.4, -0.2) is 29.1 Å². The first-order valence-corrected chi connectivity index (χ1v) is 7.13. The molecule has 0 spiro atoms. The van der Waals surface area contributed by atoms with E-state index in [0.717, 1.165) is 13.0 Å². The van der Waals surface area contributed by atoms with E-state index in [1.54, 1.807) is 0 Å². The molecule has 0 bridgehead atoms. The number of rotatable bonds is 5. The predicted molar refractivity (Wildman–Crippen MR) is 83.7 cm³/mol. The molecule has 0 radical (unpaired) electrons. The van der Waals surface area contributed by atoms with E-state index in [9.17, 15) is 10.1 Å². The lowest BCUT2D eigenvalue weighted by atomic mass is 10.0. The van der Waals surface area contributed by atoms with Gasteiger partial charge in [-0.3, -0.25) is 10.1 Å². The minimum absolute atomic E-state index is 0. The topological polar surface area (TPSA) is 90.4 Å². The van der Waals surface area contributed by atoms with Crippen LogP contribution in [0.5, 0.6) is 6.08 Å². The number of hydrogen-bond donors (Lipinski definition) is 1. The molecule has 1 fully saturated rings. The Balaban J connectivity index is 0.00000176. The molecule has 2 aromatic rings. The van der Waals surface area contributed by atoms with E-state index in [4.69, 9.17) is 9.15 Å². The molecule has 8 heteroatoms. The van der Waals surface area contributed by atoms with Crippen LogP contribution in [0.15, 0.2) is 22.6 Å². The monoisotopic (exact) mass is 327 g/mol. The molecule has 0 amide bonds. The zero-order chi connectivity index (χ0) is 14.7. The van der Waals surface area contributed by atoms with Gasteiger partial charge in [-0.2, -0.15) is 4.98 Å². The maximum absolute atomic E-state index is 10.7. The highest BCUT2D eigenvalue weighted by Gasteiger charge is 2.14. The second kappa shape index (κ2) is 7.42. The number of hydrogen-bond acceptors (Lipinski definition) is 6. The fraction of sp³-hybridized carbons (Fsp3) is 0.500. The highest BCUT2D eigenvalue weighted by Crippen LogP contribution is 2.24. The Morgan fingerprint density at radius 2 is 2.32 bits per heavy atom. The summed E-state index contributed by atoms with van der Waals surface area (Å²) in [6.07, 6.45) is 4.73. The zero-order valence-electron chi connectivity index (χ0n) is 12.0. The lowest BCUT2D eigenvalue weighted by Gasteiger charge is -2.22. The molecule has 1 aliphatic heterocycles. The summed E-state index contributed by atoms with van der Waals surface area (Å²) in [4.78, 5) is 14.4. The van der Waals surface area contributed by atoms with Crippen molar-refractivity contribution in [2.24, 2.45) is 0 Å². The molecule has 2 heterocycles. The van der Waals surface area contributed by atoms with Gasteiger partial charge in [-0.25, -0.2) is 0 Å². The summed E-state index contributed by atoms with van der Waals surface area (Å²) in [5, 5.41) is 14.2.